The van der Waals surface area contributed by atoms with Crippen molar-refractivity contribution in [1.29, 1.82) is 0 Å². The molecule has 0 aromatic heterocycles. The van der Waals surface area contributed by atoms with Crippen LogP contribution in [0.4, 0.5) is 0 Å². The summed E-state index contributed by atoms with van der Waals surface area (Å²) in [6.07, 6.45) is 3.71. The molecule has 94 valence electrons. The van der Waals surface area contributed by atoms with Crippen LogP contribution >= 0.6 is 0 Å². The molecule has 1 saturated carbocycles. The van der Waals surface area contributed by atoms with Crippen LogP contribution in [-0.2, 0) is 9.53 Å². The van der Waals surface area contributed by atoms with Gasteiger partial charge < -0.3 is 10.1 Å². The van der Waals surface area contributed by atoms with Gasteiger partial charge in [0.15, 0.2) is 0 Å². The molecule has 0 aromatic rings. The van der Waals surface area contributed by atoms with Crippen LogP contribution in [0.2, 0.25) is 0 Å². The molecule has 2 atom stereocenters. The van der Waals surface area contributed by atoms with Crippen LogP contribution in [0.25, 0.3) is 0 Å². The van der Waals surface area contributed by atoms with Gasteiger partial charge in [-0.1, -0.05) is 20.8 Å². The summed E-state index contributed by atoms with van der Waals surface area (Å²) in [5.41, 5.74) is 0.463. The lowest BCUT2D eigenvalue weighted by Gasteiger charge is -2.19. The van der Waals surface area contributed by atoms with Crippen molar-refractivity contribution in [1.82, 2.24) is 5.32 Å². The molecule has 3 heteroatoms. The van der Waals surface area contributed by atoms with E-state index in [1.807, 2.05) is 13.8 Å². The van der Waals surface area contributed by atoms with Gasteiger partial charge in [0.25, 0.3) is 0 Å². The van der Waals surface area contributed by atoms with Gasteiger partial charge in [-0.25, -0.2) is 0 Å². The Hall–Kier alpha value is -0.570. The fraction of sp³-hybridized carbons (Fsp3) is 0.923. The fourth-order valence-corrected chi connectivity index (χ4v) is 2.32. The molecule has 0 heterocycles. The predicted molar refractivity (Wildman–Crippen MR) is 65.2 cm³/mol. The van der Waals surface area contributed by atoms with Gasteiger partial charge in [0, 0.05) is 12.6 Å². The highest BCUT2D eigenvalue weighted by Crippen LogP contribution is 2.36. The molecule has 0 aliphatic heterocycles. The van der Waals surface area contributed by atoms with E-state index >= 15 is 0 Å². The third-order valence-corrected chi connectivity index (χ3v) is 3.37. The summed E-state index contributed by atoms with van der Waals surface area (Å²) in [4.78, 5) is 11.4. The maximum atomic E-state index is 11.4. The minimum atomic E-state index is -0.0905. The summed E-state index contributed by atoms with van der Waals surface area (Å²) in [7, 11) is 0. The molecule has 1 aliphatic rings. The molecule has 0 saturated heterocycles. The zero-order valence-corrected chi connectivity index (χ0v) is 11.0. The molecule has 1 fully saturated rings. The van der Waals surface area contributed by atoms with E-state index in [2.05, 4.69) is 19.2 Å². The Balaban J connectivity index is 2.22. The maximum absolute atomic E-state index is 11.4. The van der Waals surface area contributed by atoms with E-state index in [1.165, 1.54) is 19.3 Å². The molecule has 16 heavy (non-hydrogen) atoms. The molecule has 1 N–H and O–H groups in total. The molecule has 2 unspecified atom stereocenters. The van der Waals surface area contributed by atoms with Crippen molar-refractivity contribution in [3.8, 4) is 0 Å². The van der Waals surface area contributed by atoms with Gasteiger partial charge in [0.1, 0.15) is 0 Å². The third kappa shape index (κ3) is 4.12. The number of hydrogen-bond donors (Lipinski definition) is 1. The van der Waals surface area contributed by atoms with Crippen LogP contribution in [0.5, 0.6) is 0 Å². The quantitative estimate of drug-likeness (QED) is 0.733. The Labute approximate surface area is 98.9 Å². The fourth-order valence-electron chi connectivity index (χ4n) is 2.32. The van der Waals surface area contributed by atoms with E-state index in [9.17, 15) is 4.79 Å². The minimum Gasteiger partial charge on any atom is -0.466 e. The second-order valence-electron chi connectivity index (χ2n) is 5.67. The van der Waals surface area contributed by atoms with Gasteiger partial charge in [0.2, 0.25) is 0 Å². The highest BCUT2D eigenvalue weighted by atomic mass is 16.5. The molecular weight excluding hydrogens is 202 g/mol. The van der Waals surface area contributed by atoms with Crippen molar-refractivity contribution in [2.45, 2.75) is 53.0 Å². The Kier molecular flexibility index (Phi) is 4.78. The minimum absolute atomic E-state index is 0.0383. The van der Waals surface area contributed by atoms with E-state index < -0.39 is 0 Å². The van der Waals surface area contributed by atoms with Crippen molar-refractivity contribution in [2.24, 2.45) is 11.3 Å². The standard InChI is InChI=1S/C13H25NO2/c1-5-16-12(15)10(2)9-14-11-6-7-13(3,4)8-11/h10-11,14H,5-9H2,1-4H3. The number of carbonyl (C=O) groups is 1. The molecule has 0 bridgehead atoms. The van der Waals surface area contributed by atoms with E-state index in [-0.39, 0.29) is 11.9 Å². The van der Waals surface area contributed by atoms with Gasteiger partial charge >= 0.3 is 5.97 Å². The number of hydrogen-bond acceptors (Lipinski definition) is 3. The van der Waals surface area contributed by atoms with Crippen molar-refractivity contribution < 1.29 is 9.53 Å². The van der Waals surface area contributed by atoms with Gasteiger partial charge in [0.05, 0.1) is 12.5 Å². The van der Waals surface area contributed by atoms with Crippen LogP contribution in [-0.4, -0.2) is 25.2 Å². The SMILES string of the molecule is CCOC(=O)C(C)CNC1CCC(C)(C)C1. The van der Waals surface area contributed by atoms with Crippen LogP contribution < -0.4 is 5.32 Å². The summed E-state index contributed by atoms with van der Waals surface area (Å²) in [6.45, 7) is 9.59. The van der Waals surface area contributed by atoms with Crippen molar-refractivity contribution in [3.63, 3.8) is 0 Å². The monoisotopic (exact) mass is 227 g/mol. The van der Waals surface area contributed by atoms with Crippen LogP contribution in [0.3, 0.4) is 0 Å². The van der Waals surface area contributed by atoms with Gasteiger partial charge in [-0.2, -0.15) is 0 Å². The second kappa shape index (κ2) is 5.67. The summed E-state index contributed by atoms with van der Waals surface area (Å²) in [6, 6.07) is 0.576. The summed E-state index contributed by atoms with van der Waals surface area (Å²) < 4.78 is 4.98. The molecule has 0 spiro atoms. The predicted octanol–water partition coefficient (Wildman–Crippen LogP) is 2.35. The first-order valence-corrected chi connectivity index (χ1v) is 6.34. The largest absolute Gasteiger partial charge is 0.466 e. The van der Waals surface area contributed by atoms with Crippen molar-refractivity contribution in [2.75, 3.05) is 13.2 Å². The molecule has 1 rings (SSSR count). The van der Waals surface area contributed by atoms with Gasteiger partial charge in [-0.05, 0) is 31.6 Å². The molecule has 1 aliphatic carbocycles. The Bertz CT molecular complexity index is 238. The lowest BCUT2D eigenvalue weighted by atomic mass is 9.92. The normalized spacial score (nSPS) is 25.4. The molecule has 3 nitrogen and oxygen atoms in total. The summed E-state index contributed by atoms with van der Waals surface area (Å²) in [5, 5.41) is 3.48. The Morgan fingerprint density at radius 1 is 1.56 bits per heavy atom. The van der Waals surface area contributed by atoms with E-state index in [0.29, 0.717) is 18.1 Å². The number of esters is 1. The van der Waals surface area contributed by atoms with Gasteiger partial charge in [-0.15, -0.1) is 0 Å². The zero-order valence-electron chi connectivity index (χ0n) is 11.0. The highest BCUT2D eigenvalue weighted by Gasteiger charge is 2.30. The second-order valence-corrected chi connectivity index (χ2v) is 5.67. The summed E-state index contributed by atoms with van der Waals surface area (Å²) in [5.74, 6) is -0.129. The average Bonchev–Trinajstić information content (AvgIpc) is 2.55. The first kappa shape index (κ1) is 13.5. The lowest BCUT2D eigenvalue weighted by molar-refractivity contribution is -0.147. The van der Waals surface area contributed by atoms with E-state index in [0.717, 1.165) is 6.54 Å². The number of carbonyl (C=O) groups excluding carboxylic acids is 1. The Morgan fingerprint density at radius 3 is 2.75 bits per heavy atom. The highest BCUT2D eigenvalue weighted by molar-refractivity contribution is 5.72. The van der Waals surface area contributed by atoms with E-state index in [1.54, 1.807) is 0 Å². The molecular formula is C13H25NO2. The smallest absolute Gasteiger partial charge is 0.309 e. The first-order chi connectivity index (χ1) is 7.44. The van der Waals surface area contributed by atoms with Gasteiger partial charge in [-0.3, -0.25) is 4.79 Å². The van der Waals surface area contributed by atoms with E-state index in [4.69, 9.17) is 4.74 Å². The topological polar surface area (TPSA) is 38.3 Å². The summed E-state index contributed by atoms with van der Waals surface area (Å²) >= 11 is 0. The number of ether oxygens (including phenoxy) is 1. The van der Waals surface area contributed by atoms with Crippen LogP contribution in [0.1, 0.15) is 47.0 Å². The van der Waals surface area contributed by atoms with Crippen molar-refractivity contribution >= 4 is 5.97 Å². The first-order valence-electron chi connectivity index (χ1n) is 6.34. The molecule has 0 amide bonds. The third-order valence-electron chi connectivity index (χ3n) is 3.37. The van der Waals surface area contributed by atoms with Crippen LogP contribution in [0, 0.1) is 11.3 Å². The maximum Gasteiger partial charge on any atom is 0.309 e. The molecule has 0 radical (unpaired) electrons. The zero-order chi connectivity index (χ0) is 12.2. The molecule has 0 aromatic carbocycles. The van der Waals surface area contributed by atoms with Crippen LogP contribution in [0.15, 0.2) is 0 Å². The average molecular weight is 227 g/mol. The number of rotatable bonds is 5. The van der Waals surface area contributed by atoms with Crippen molar-refractivity contribution in [3.05, 3.63) is 0 Å². The lowest BCUT2D eigenvalue weighted by Crippen LogP contribution is -2.34. The number of nitrogens with one attached hydrogen (secondary N) is 1. The Morgan fingerprint density at radius 2 is 2.25 bits per heavy atom.